The third-order valence-electron chi connectivity index (χ3n) is 5.06. The Morgan fingerprint density at radius 2 is 1.31 bits per heavy atom. The third kappa shape index (κ3) is 3.48. The van der Waals surface area contributed by atoms with Gasteiger partial charge in [-0.25, -0.2) is 0 Å². The average Bonchev–Trinajstić information content (AvgIpc) is 2.33. The first-order valence-corrected chi connectivity index (χ1v) is 7.45. The second-order valence-corrected chi connectivity index (χ2v) is 6.37. The summed E-state index contributed by atoms with van der Waals surface area (Å²) in [5.41, 5.74) is 0. The van der Waals surface area contributed by atoms with Gasteiger partial charge in [0, 0.05) is 6.04 Å². The van der Waals surface area contributed by atoms with Crippen molar-refractivity contribution in [2.75, 3.05) is 7.05 Å². The van der Waals surface area contributed by atoms with Gasteiger partial charge in [0.1, 0.15) is 0 Å². The van der Waals surface area contributed by atoms with E-state index in [0.717, 1.165) is 23.8 Å². The highest BCUT2D eigenvalue weighted by Gasteiger charge is 2.25. The Hall–Kier alpha value is -0.0400. The van der Waals surface area contributed by atoms with E-state index in [1.165, 1.54) is 51.4 Å². The summed E-state index contributed by atoms with van der Waals surface area (Å²) >= 11 is 0. The molecule has 2 rings (SSSR count). The summed E-state index contributed by atoms with van der Waals surface area (Å²) in [6.45, 7) is 2.42. The van der Waals surface area contributed by atoms with Crippen LogP contribution in [0.4, 0.5) is 0 Å². The summed E-state index contributed by atoms with van der Waals surface area (Å²) in [6.07, 6.45) is 13.4. The van der Waals surface area contributed by atoms with Crippen molar-refractivity contribution in [3.05, 3.63) is 0 Å². The van der Waals surface area contributed by atoms with Gasteiger partial charge in [0.05, 0.1) is 0 Å². The Balaban J connectivity index is 1.66. The van der Waals surface area contributed by atoms with E-state index in [2.05, 4.69) is 19.3 Å². The van der Waals surface area contributed by atoms with E-state index in [9.17, 15) is 0 Å². The molecule has 0 aliphatic heterocycles. The fraction of sp³-hybridized carbons (Fsp3) is 1.00. The van der Waals surface area contributed by atoms with Gasteiger partial charge in [0.25, 0.3) is 0 Å². The zero-order chi connectivity index (χ0) is 11.4. The van der Waals surface area contributed by atoms with E-state index in [0.29, 0.717) is 0 Å². The Morgan fingerprint density at radius 3 is 1.81 bits per heavy atom. The quantitative estimate of drug-likeness (QED) is 0.763. The lowest BCUT2D eigenvalue weighted by molar-refractivity contribution is 0.206. The van der Waals surface area contributed by atoms with E-state index in [1.54, 1.807) is 6.42 Å². The summed E-state index contributed by atoms with van der Waals surface area (Å²) in [7, 11) is 2.12. The molecule has 0 aromatic carbocycles. The van der Waals surface area contributed by atoms with Crippen LogP contribution < -0.4 is 5.32 Å². The molecule has 0 aromatic rings. The third-order valence-corrected chi connectivity index (χ3v) is 5.06. The van der Waals surface area contributed by atoms with E-state index in [-0.39, 0.29) is 0 Å². The molecule has 0 heterocycles. The smallest absolute Gasteiger partial charge is 0.00642 e. The number of rotatable bonds is 3. The molecule has 0 bridgehead atoms. The van der Waals surface area contributed by atoms with E-state index >= 15 is 0 Å². The first-order valence-electron chi connectivity index (χ1n) is 7.45. The fourth-order valence-electron chi connectivity index (χ4n) is 3.72. The summed E-state index contributed by atoms with van der Waals surface area (Å²) < 4.78 is 0. The van der Waals surface area contributed by atoms with E-state index in [4.69, 9.17) is 0 Å². The minimum Gasteiger partial charge on any atom is -0.317 e. The molecule has 0 unspecified atom stereocenters. The van der Waals surface area contributed by atoms with Crippen molar-refractivity contribution in [3.8, 4) is 0 Å². The minimum atomic E-state index is 0.822. The van der Waals surface area contributed by atoms with Crippen LogP contribution in [0.1, 0.15) is 64.7 Å². The van der Waals surface area contributed by atoms with E-state index < -0.39 is 0 Å². The van der Waals surface area contributed by atoms with Crippen LogP contribution in [0.15, 0.2) is 0 Å². The van der Waals surface area contributed by atoms with Crippen molar-refractivity contribution in [3.63, 3.8) is 0 Å². The van der Waals surface area contributed by atoms with Crippen LogP contribution in [0.3, 0.4) is 0 Å². The number of hydrogen-bond acceptors (Lipinski definition) is 1. The molecular formula is C15H29N. The lowest BCUT2D eigenvalue weighted by Crippen LogP contribution is -2.31. The Labute approximate surface area is 101 Å². The predicted octanol–water partition coefficient (Wildman–Crippen LogP) is 3.98. The Morgan fingerprint density at radius 1 is 0.812 bits per heavy atom. The molecule has 0 saturated heterocycles. The van der Waals surface area contributed by atoms with Gasteiger partial charge >= 0.3 is 0 Å². The molecule has 2 aliphatic rings. The first-order chi connectivity index (χ1) is 7.78. The lowest BCUT2D eigenvalue weighted by Gasteiger charge is -2.33. The molecule has 2 aliphatic carbocycles. The van der Waals surface area contributed by atoms with Crippen molar-refractivity contribution in [2.24, 2.45) is 17.8 Å². The second-order valence-electron chi connectivity index (χ2n) is 6.37. The summed E-state index contributed by atoms with van der Waals surface area (Å²) in [5.74, 6) is 3.15. The highest BCUT2D eigenvalue weighted by Crippen LogP contribution is 2.36. The van der Waals surface area contributed by atoms with Gasteiger partial charge in [-0.3, -0.25) is 0 Å². The molecule has 2 fully saturated rings. The SMILES string of the molecule is CNC1CCC(CC2CCC(C)CC2)CC1. The molecule has 94 valence electrons. The molecule has 16 heavy (non-hydrogen) atoms. The molecule has 0 radical (unpaired) electrons. The van der Waals surface area contributed by atoms with Gasteiger partial charge in [-0.1, -0.05) is 32.6 Å². The number of nitrogens with one attached hydrogen (secondary N) is 1. The maximum Gasteiger partial charge on any atom is 0.00642 e. The van der Waals surface area contributed by atoms with Gasteiger partial charge in [-0.15, -0.1) is 0 Å². The molecule has 2 saturated carbocycles. The van der Waals surface area contributed by atoms with Crippen LogP contribution >= 0.6 is 0 Å². The standard InChI is InChI=1S/C15H29N/c1-12-3-5-13(6-4-12)11-14-7-9-15(16-2)10-8-14/h12-16H,3-11H2,1-2H3. The van der Waals surface area contributed by atoms with Gasteiger partial charge in [-0.05, 0) is 56.9 Å². The molecule has 1 heteroatoms. The summed E-state index contributed by atoms with van der Waals surface area (Å²) in [4.78, 5) is 0. The van der Waals surface area contributed by atoms with Crippen molar-refractivity contribution < 1.29 is 0 Å². The van der Waals surface area contributed by atoms with Gasteiger partial charge in [0.15, 0.2) is 0 Å². The predicted molar refractivity (Wildman–Crippen MR) is 70.5 cm³/mol. The number of hydrogen-bond donors (Lipinski definition) is 1. The van der Waals surface area contributed by atoms with Crippen LogP contribution in [-0.2, 0) is 0 Å². The molecule has 1 nitrogen and oxygen atoms in total. The molecule has 0 amide bonds. The second kappa shape index (κ2) is 6.05. The Kier molecular flexibility index (Phi) is 4.69. The summed E-state index contributed by atoms with van der Waals surface area (Å²) in [6, 6.07) is 0.822. The Bertz CT molecular complexity index is 186. The van der Waals surface area contributed by atoms with Crippen molar-refractivity contribution in [2.45, 2.75) is 70.8 Å². The van der Waals surface area contributed by atoms with Crippen LogP contribution in [0, 0.1) is 17.8 Å². The van der Waals surface area contributed by atoms with Gasteiger partial charge in [0.2, 0.25) is 0 Å². The van der Waals surface area contributed by atoms with Crippen molar-refractivity contribution >= 4 is 0 Å². The monoisotopic (exact) mass is 223 g/mol. The zero-order valence-corrected chi connectivity index (χ0v) is 11.2. The maximum absolute atomic E-state index is 3.43. The van der Waals surface area contributed by atoms with Gasteiger partial charge < -0.3 is 5.32 Å². The molecule has 1 N–H and O–H groups in total. The normalized spacial score (nSPS) is 40.9. The van der Waals surface area contributed by atoms with Crippen LogP contribution in [0.2, 0.25) is 0 Å². The van der Waals surface area contributed by atoms with Gasteiger partial charge in [-0.2, -0.15) is 0 Å². The van der Waals surface area contributed by atoms with Crippen molar-refractivity contribution in [1.82, 2.24) is 5.32 Å². The fourth-order valence-corrected chi connectivity index (χ4v) is 3.72. The van der Waals surface area contributed by atoms with Crippen LogP contribution in [0.25, 0.3) is 0 Å². The maximum atomic E-state index is 3.43. The average molecular weight is 223 g/mol. The van der Waals surface area contributed by atoms with Crippen LogP contribution in [0.5, 0.6) is 0 Å². The summed E-state index contributed by atoms with van der Waals surface area (Å²) in [5, 5.41) is 3.43. The highest BCUT2D eigenvalue weighted by atomic mass is 14.9. The highest BCUT2D eigenvalue weighted by molar-refractivity contribution is 4.79. The van der Waals surface area contributed by atoms with E-state index in [1.807, 2.05) is 0 Å². The molecule has 0 spiro atoms. The largest absolute Gasteiger partial charge is 0.317 e. The minimum absolute atomic E-state index is 0.822. The van der Waals surface area contributed by atoms with Crippen LogP contribution in [-0.4, -0.2) is 13.1 Å². The molecular weight excluding hydrogens is 194 g/mol. The zero-order valence-electron chi connectivity index (χ0n) is 11.2. The lowest BCUT2D eigenvalue weighted by atomic mass is 9.75. The topological polar surface area (TPSA) is 12.0 Å². The van der Waals surface area contributed by atoms with Crippen molar-refractivity contribution in [1.29, 1.82) is 0 Å². The first kappa shape index (κ1) is 12.4. The molecule has 0 atom stereocenters. The molecule has 0 aromatic heterocycles.